The number of rotatable bonds is 7. The Kier molecular flexibility index (Phi) is 5.79. The smallest absolute Gasteiger partial charge is 0.251 e. The van der Waals surface area contributed by atoms with E-state index in [1.54, 1.807) is 26.3 Å². The summed E-state index contributed by atoms with van der Waals surface area (Å²) in [7, 11) is 3.19. The third kappa shape index (κ3) is 4.48. The van der Waals surface area contributed by atoms with E-state index in [0.29, 0.717) is 36.5 Å². The molecule has 3 N–H and O–H groups in total. The summed E-state index contributed by atoms with van der Waals surface area (Å²) in [6.45, 7) is 0.634. The number of carbonyl (C=O) groups is 2. The molecule has 0 unspecified atom stereocenters. The Hall–Kier alpha value is -3.94. The van der Waals surface area contributed by atoms with E-state index < -0.39 is 0 Å². The molecule has 2 aromatic carbocycles. The lowest BCUT2D eigenvalue weighted by Crippen LogP contribution is -2.18. The maximum atomic E-state index is 11.8. The van der Waals surface area contributed by atoms with Crippen molar-refractivity contribution in [1.29, 1.82) is 0 Å². The maximum Gasteiger partial charge on any atom is 0.251 e. The number of anilines is 2. The third-order valence-electron chi connectivity index (χ3n) is 5.17. The van der Waals surface area contributed by atoms with E-state index in [1.165, 1.54) is 6.33 Å². The van der Waals surface area contributed by atoms with Crippen LogP contribution >= 0.6 is 0 Å². The van der Waals surface area contributed by atoms with Crippen LogP contribution in [0.4, 0.5) is 11.5 Å². The van der Waals surface area contributed by atoms with Gasteiger partial charge in [-0.15, -0.1) is 0 Å². The normalized spacial score (nSPS) is 12.1. The highest BCUT2D eigenvalue weighted by Crippen LogP contribution is 2.28. The molecule has 0 spiro atoms. The largest absolute Gasteiger partial charge is 0.496 e. The van der Waals surface area contributed by atoms with E-state index >= 15 is 0 Å². The van der Waals surface area contributed by atoms with E-state index in [0.717, 1.165) is 28.1 Å². The molecule has 0 fully saturated rings. The Bertz CT molecular complexity index is 1150. The number of hydrogen-bond acceptors (Lipinski definition) is 6. The fourth-order valence-corrected chi connectivity index (χ4v) is 3.56. The topological polar surface area (TPSA) is 105 Å². The minimum atomic E-state index is -0.150. The molecule has 0 bridgehead atoms. The van der Waals surface area contributed by atoms with Gasteiger partial charge in [-0.25, -0.2) is 9.97 Å². The lowest BCUT2D eigenvalue weighted by atomic mass is 10.1. The molecular formula is C23H23N5O3. The number of fused-ring (bicyclic) bond motifs is 1. The van der Waals surface area contributed by atoms with Crippen molar-refractivity contribution in [2.24, 2.45) is 0 Å². The number of amides is 2. The molecule has 3 aromatic rings. The van der Waals surface area contributed by atoms with Gasteiger partial charge in [0.05, 0.1) is 19.2 Å². The Morgan fingerprint density at radius 2 is 2.03 bits per heavy atom. The van der Waals surface area contributed by atoms with Crippen molar-refractivity contribution in [3.63, 3.8) is 0 Å². The molecular weight excluding hydrogens is 394 g/mol. The highest BCUT2D eigenvalue weighted by atomic mass is 16.5. The fourth-order valence-electron chi connectivity index (χ4n) is 3.56. The van der Waals surface area contributed by atoms with Crippen molar-refractivity contribution in [3.8, 4) is 17.0 Å². The Morgan fingerprint density at radius 3 is 2.84 bits per heavy atom. The van der Waals surface area contributed by atoms with Crippen molar-refractivity contribution < 1.29 is 14.3 Å². The fraction of sp³-hybridized carbons (Fsp3) is 0.217. The van der Waals surface area contributed by atoms with Gasteiger partial charge in [-0.3, -0.25) is 9.59 Å². The van der Waals surface area contributed by atoms with Gasteiger partial charge < -0.3 is 20.7 Å². The highest BCUT2D eigenvalue weighted by Gasteiger charge is 2.18. The average Bonchev–Trinajstić information content (AvgIpc) is 3.18. The van der Waals surface area contributed by atoms with E-state index in [9.17, 15) is 9.59 Å². The third-order valence-corrected chi connectivity index (χ3v) is 5.17. The number of ether oxygens (including phenoxy) is 1. The first-order chi connectivity index (χ1) is 15.1. The van der Waals surface area contributed by atoms with Crippen LogP contribution in [0.2, 0.25) is 0 Å². The molecule has 0 radical (unpaired) electrons. The molecule has 4 rings (SSSR count). The zero-order chi connectivity index (χ0) is 21.8. The van der Waals surface area contributed by atoms with Gasteiger partial charge >= 0.3 is 0 Å². The van der Waals surface area contributed by atoms with Crippen molar-refractivity contribution in [1.82, 2.24) is 15.3 Å². The van der Waals surface area contributed by atoms with E-state index in [1.807, 2.05) is 30.3 Å². The Labute approximate surface area is 180 Å². The highest BCUT2D eigenvalue weighted by molar-refractivity contribution is 5.99. The molecule has 0 saturated carbocycles. The van der Waals surface area contributed by atoms with E-state index in [2.05, 4.69) is 25.9 Å². The number of nitrogens with one attached hydrogen (secondary N) is 3. The predicted octanol–water partition coefficient (Wildman–Crippen LogP) is 2.66. The molecule has 0 aliphatic carbocycles. The van der Waals surface area contributed by atoms with Gasteiger partial charge in [-0.2, -0.15) is 0 Å². The van der Waals surface area contributed by atoms with Gasteiger partial charge in [-0.05, 0) is 41.8 Å². The number of carbonyl (C=O) groups excluding carboxylic acids is 2. The maximum absolute atomic E-state index is 11.8. The first kappa shape index (κ1) is 20.3. The van der Waals surface area contributed by atoms with Crippen molar-refractivity contribution in [2.75, 3.05) is 31.3 Å². The molecule has 8 heteroatoms. The van der Waals surface area contributed by atoms with Crippen LogP contribution in [-0.2, 0) is 17.6 Å². The SMILES string of the molecule is CNC(=O)c1ccc(CCNc2cc(-c3ccc4c(c3)CC(=O)N4)ncn2)c(OC)c1. The quantitative estimate of drug-likeness (QED) is 0.546. The molecule has 1 aliphatic rings. The van der Waals surface area contributed by atoms with Crippen LogP contribution < -0.4 is 20.7 Å². The second-order valence-electron chi connectivity index (χ2n) is 7.17. The minimum Gasteiger partial charge on any atom is -0.496 e. The summed E-state index contributed by atoms with van der Waals surface area (Å²) in [4.78, 5) is 32.0. The van der Waals surface area contributed by atoms with E-state index in [4.69, 9.17) is 4.74 Å². The van der Waals surface area contributed by atoms with Gasteiger partial charge in [0.1, 0.15) is 17.9 Å². The van der Waals surface area contributed by atoms with Crippen molar-refractivity contribution in [2.45, 2.75) is 12.8 Å². The lowest BCUT2D eigenvalue weighted by Gasteiger charge is -2.12. The van der Waals surface area contributed by atoms with Gasteiger partial charge in [0.2, 0.25) is 5.91 Å². The van der Waals surface area contributed by atoms with Crippen LogP contribution in [0.15, 0.2) is 48.8 Å². The molecule has 158 valence electrons. The first-order valence-corrected chi connectivity index (χ1v) is 9.95. The van der Waals surface area contributed by atoms with Crippen LogP contribution in [0.5, 0.6) is 5.75 Å². The zero-order valence-corrected chi connectivity index (χ0v) is 17.4. The van der Waals surface area contributed by atoms with Crippen LogP contribution in [0.25, 0.3) is 11.3 Å². The summed E-state index contributed by atoms with van der Waals surface area (Å²) < 4.78 is 5.44. The summed E-state index contributed by atoms with van der Waals surface area (Å²) in [6.07, 6.45) is 2.61. The molecule has 2 amide bonds. The lowest BCUT2D eigenvalue weighted by molar-refractivity contribution is -0.115. The minimum absolute atomic E-state index is 0.0102. The number of aromatic nitrogens is 2. The summed E-state index contributed by atoms with van der Waals surface area (Å²) in [5.41, 5.74) is 5.11. The molecule has 1 aliphatic heterocycles. The number of nitrogens with zero attached hydrogens (tertiary/aromatic N) is 2. The second-order valence-corrected chi connectivity index (χ2v) is 7.17. The Balaban J connectivity index is 1.43. The zero-order valence-electron chi connectivity index (χ0n) is 17.4. The van der Waals surface area contributed by atoms with E-state index in [-0.39, 0.29) is 11.8 Å². The molecule has 0 saturated heterocycles. The van der Waals surface area contributed by atoms with Gasteiger partial charge in [0, 0.05) is 36.5 Å². The number of benzene rings is 2. The summed E-state index contributed by atoms with van der Waals surface area (Å²) in [5.74, 6) is 1.24. The molecule has 1 aromatic heterocycles. The predicted molar refractivity (Wildman–Crippen MR) is 118 cm³/mol. The molecule has 0 atom stereocenters. The van der Waals surface area contributed by atoms with Gasteiger partial charge in [0.25, 0.3) is 5.91 Å². The summed E-state index contributed by atoms with van der Waals surface area (Å²) in [6, 6.07) is 13.1. The molecule has 8 nitrogen and oxygen atoms in total. The summed E-state index contributed by atoms with van der Waals surface area (Å²) >= 11 is 0. The van der Waals surface area contributed by atoms with Crippen LogP contribution in [-0.4, -0.2) is 42.5 Å². The second kappa shape index (κ2) is 8.83. The van der Waals surface area contributed by atoms with Gasteiger partial charge in [0.15, 0.2) is 0 Å². The van der Waals surface area contributed by atoms with Crippen LogP contribution in [0.1, 0.15) is 21.5 Å². The molecule has 31 heavy (non-hydrogen) atoms. The van der Waals surface area contributed by atoms with Crippen LogP contribution in [0, 0.1) is 0 Å². The average molecular weight is 417 g/mol. The number of hydrogen-bond donors (Lipinski definition) is 3. The summed E-state index contributed by atoms with van der Waals surface area (Å²) in [5, 5.41) is 8.76. The first-order valence-electron chi connectivity index (χ1n) is 9.95. The van der Waals surface area contributed by atoms with Crippen molar-refractivity contribution >= 4 is 23.3 Å². The molecule has 2 heterocycles. The monoisotopic (exact) mass is 417 g/mol. The van der Waals surface area contributed by atoms with Crippen LogP contribution in [0.3, 0.4) is 0 Å². The standard InChI is InChI=1S/C23H23N5O3/c1-24-23(30)16-4-3-14(20(10-16)31-2)7-8-25-21-12-19(26-13-27-21)15-5-6-18-17(9-15)11-22(29)28-18/h3-6,9-10,12-13H,7-8,11H2,1-2H3,(H,24,30)(H,28,29)(H,25,26,27). The number of methoxy groups -OCH3 is 1. The Morgan fingerprint density at radius 1 is 1.16 bits per heavy atom. The van der Waals surface area contributed by atoms with Gasteiger partial charge in [-0.1, -0.05) is 12.1 Å². The van der Waals surface area contributed by atoms with Crippen molar-refractivity contribution in [3.05, 3.63) is 65.5 Å².